The number of carbonyl (C=O) groups is 1. The van der Waals surface area contributed by atoms with Gasteiger partial charge in [-0.3, -0.25) is 14.9 Å². The van der Waals surface area contributed by atoms with E-state index in [2.05, 4.69) is 0 Å². The molecule has 7 heteroatoms. The summed E-state index contributed by atoms with van der Waals surface area (Å²) in [6.07, 6.45) is 2.33. The lowest BCUT2D eigenvalue weighted by molar-refractivity contribution is -0.387. The first-order valence-corrected chi connectivity index (χ1v) is 6.40. The van der Waals surface area contributed by atoms with Gasteiger partial charge in [0.1, 0.15) is 5.82 Å². The monoisotopic (exact) mass is 284 g/mol. The van der Waals surface area contributed by atoms with E-state index in [1.165, 1.54) is 4.90 Å². The van der Waals surface area contributed by atoms with Crippen molar-refractivity contribution in [1.82, 2.24) is 4.90 Å². The van der Waals surface area contributed by atoms with E-state index in [0.29, 0.717) is 19.0 Å². The molecule has 1 fully saturated rings. The highest BCUT2D eigenvalue weighted by Crippen LogP contribution is 2.30. The summed E-state index contributed by atoms with van der Waals surface area (Å²) in [7, 11) is 0. The fraction of sp³-hybridized carbons (Fsp3) is 0.462. The van der Waals surface area contributed by atoms with Gasteiger partial charge in [0.15, 0.2) is 0 Å². The molecule has 0 spiro atoms. The van der Waals surface area contributed by atoms with Crippen molar-refractivity contribution >= 4 is 11.6 Å². The third-order valence-corrected chi connectivity index (χ3v) is 3.16. The van der Waals surface area contributed by atoms with Crippen LogP contribution in [0.3, 0.4) is 0 Å². The quantitative estimate of drug-likeness (QED) is 0.617. The molecule has 0 unspecified atom stereocenters. The van der Waals surface area contributed by atoms with E-state index in [1.807, 2.05) is 6.92 Å². The van der Waals surface area contributed by atoms with Crippen LogP contribution in [0.15, 0.2) is 12.1 Å². The molecule has 5 nitrogen and oxygen atoms in total. The van der Waals surface area contributed by atoms with Crippen LogP contribution in [0, 0.1) is 21.7 Å². The molecule has 0 bridgehead atoms. The van der Waals surface area contributed by atoms with Gasteiger partial charge in [-0.25, -0.2) is 4.39 Å². The number of benzene rings is 1. The summed E-state index contributed by atoms with van der Waals surface area (Å²) in [4.78, 5) is 23.4. The van der Waals surface area contributed by atoms with Crippen molar-refractivity contribution in [3.63, 3.8) is 0 Å². The van der Waals surface area contributed by atoms with Gasteiger partial charge in [0.05, 0.1) is 16.6 Å². The summed E-state index contributed by atoms with van der Waals surface area (Å²) in [6, 6.07) is 1.23. The number of rotatable bonds is 5. The number of amides is 1. The number of nitro groups is 1. The predicted octanol–water partition coefficient (Wildman–Crippen LogP) is 2.89. The fourth-order valence-corrected chi connectivity index (χ4v) is 2.10. The molecule has 0 atom stereocenters. The number of carbonyl (C=O) groups excluding carboxylic acids is 1. The minimum Gasteiger partial charge on any atom is -0.336 e. The van der Waals surface area contributed by atoms with Crippen molar-refractivity contribution in [2.75, 3.05) is 6.54 Å². The molecule has 1 saturated carbocycles. The Labute approximate surface area is 114 Å². The maximum Gasteiger partial charge on any atom is 0.308 e. The van der Waals surface area contributed by atoms with Gasteiger partial charge in [0, 0.05) is 12.6 Å². The first kappa shape index (κ1) is 14.4. The van der Waals surface area contributed by atoms with E-state index in [4.69, 9.17) is 0 Å². The topological polar surface area (TPSA) is 63.5 Å². The number of hydrogen-bond donors (Lipinski definition) is 0. The van der Waals surface area contributed by atoms with E-state index < -0.39 is 33.7 Å². The predicted molar refractivity (Wildman–Crippen MR) is 67.4 cm³/mol. The molecule has 0 aromatic heterocycles. The maximum absolute atomic E-state index is 14.0. The third kappa shape index (κ3) is 2.76. The normalized spacial score (nSPS) is 14.2. The highest BCUT2D eigenvalue weighted by atomic mass is 19.1. The Bertz CT molecular complexity index is 559. The average Bonchev–Trinajstić information content (AvgIpc) is 3.21. The van der Waals surface area contributed by atoms with E-state index in [-0.39, 0.29) is 6.04 Å². The Balaban J connectivity index is 2.40. The SMILES string of the molecule is CCCN(C(=O)c1cc(F)cc([N+](=O)[O-])c1F)C1CC1. The second kappa shape index (κ2) is 5.52. The summed E-state index contributed by atoms with van der Waals surface area (Å²) in [5.74, 6) is -2.95. The van der Waals surface area contributed by atoms with Gasteiger partial charge in [-0.15, -0.1) is 0 Å². The smallest absolute Gasteiger partial charge is 0.308 e. The van der Waals surface area contributed by atoms with Crippen LogP contribution in [0.25, 0.3) is 0 Å². The Kier molecular flexibility index (Phi) is 3.96. The molecule has 0 aliphatic heterocycles. The molecule has 0 radical (unpaired) electrons. The van der Waals surface area contributed by atoms with Crippen LogP contribution < -0.4 is 0 Å². The van der Waals surface area contributed by atoms with Gasteiger partial charge < -0.3 is 4.90 Å². The Morgan fingerprint density at radius 3 is 2.60 bits per heavy atom. The van der Waals surface area contributed by atoms with Gasteiger partial charge >= 0.3 is 5.69 Å². The highest BCUT2D eigenvalue weighted by Gasteiger charge is 2.35. The Morgan fingerprint density at radius 2 is 2.10 bits per heavy atom. The standard InChI is InChI=1S/C13H14F2N2O3/c1-2-5-16(9-3-4-9)13(18)10-6-8(14)7-11(12(10)15)17(19)20/h6-7,9H,2-5H2,1H3. The van der Waals surface area contributed by atoms with Gasteiger partial charge in [-0.1, -0.05) is 6.92 Å². The van der Waals surface area contributed by atoms with Crippen molar-refractivity contribution in [1.29, 1.82) is 0 Å². The molecule has 0 N–H and O–H groups in total. The lowest BCUT2D eigenvalue weighted by Gasteiger charge is -2.21. The number of nitro benzene ring substituents is 1. The zero-order valence-corrected chi connectivity index (χ0v) is 10.9. The van der Waals surface area contributed by atoms with Gasteiger partial charge in [-0.2, -0.15) is 4.39 Å². The maximum atomic E-state index is 14.0. The van der Waals surface area contributed by atoms with Crippen LogP contribution in [0.5, 0.6) is 0 Å². The van der Waals surface area contributed by atoms with Crippen LogP contribution in [0.4, 0.5) is 14.5 Å². The van der Waals surface area contributed by atoms with Crippen LogP contribution in [-0.4, -0.2) is 28.3 Å². The molecule has 1 aliphatic rings. The van der Waals surface area contributed by atoms with Gasteiger partial charge in [0.2, 0.25) is 5.82 Å². The summed E-state index contributed by atoms with van der Waals surface area (Å²) in [6.45, 7) is 2.29. The second-order valence-electron chi connectivity index (χ2n) is 4.77. The van der Waals surface area contributed by atoms with Crippen LogP contribution in [-0.2, 0) is 0 Å². The summed E-state index contributed by atoms with van der Waals surface area (Å²) >= 11 is 0. The summed E-state index contributed by atoms with van der Waals surface area (Å²) in [5.41, 5.74) is -1.59. The van der Waals surface area contributed by atoms with Crippen molar-refractivity contribution in [3.8, 4) is 0 Å². The summed E-state index contributed by atoms with van der Waals surface area (Å²) < 4.78 is 27.3. The fourth-order valence-electron chi connectivity index (χ4n) is 2.10. The molecule has 108 valence electrons. The minimum absolute atomic E-state index is 0.0316. The number of nitrogens with zero attached hydrogens (tertiary/aromatic N) is 2. The molecular weight excluding hydrogens is 270 g/mol. The first-order valence-electron chi connectivity index (χ1n) is 6.40. The molecule has 1 aromatic rings. The van der Waals surface area contributed by atoms with Crippen molar-refractivity contribution in [2.24, 2.45) is 0 Å². The molecule has 1 amide bonds. The van der Waals surface area contributed by atoms with Gasteiger partial charge in [-0.05, 0) is 25.3 Å². The highest BCUT2D eigenvalue weighted by molar-refractivity contribution is 5.95. The molecular formula is C13H14F2N2O3. The molecule has 20 heavy (non-hydrogen) atoms. The van der Waals surface area contributed by atoms with E-state index in [1.54, 1.807) is 0 Å². The van der Waals surface area contributed by atoms with Crippen molar-refractivity contribution in [3.05, 3.63) is 39.4 Å². The number of halogens is 2. The molecule has 0 heterocycles. The Morgan fingerprint density at radius 1 is 1.45 bits per heavy atom. The lowest BCUT2D eigenvalue weighted by Crippen LogP contribution is -2.34. The third-order valence-electron chi connectivity index (χ3n) is 3.16. The van der Waals surface area contributed by atoms with E-state index in [9.17, 15) is 23.7 Å². The van der Waals surface area contributed by atoms with Crippen molar-refractivity contribution in [2.45, 2.75) is 32.2 Å². The molecule has 2 rings (SSSR count). The van der Waals surface area contributed by atoms with E-state index in [0.717, 1.165) is 18.9 Å². The van der Waals surface area contributed by atoms with Gasteiger partial charge in [0.25, 0.3) is 5.91 Å². The largest absolute Gasteiger partial charge is 0.336 e. The zero-order valence-electron chi connectivity index (χ0n) is 10.9. The van der Waals surface area contributed by atoms with E-state index >= 15 is 0 Å². The summed E-state index contributed by atoms with van der Waals surface area (Å²) in [5, 5.41) is 10.7. The van der Waals surface area contributed by atoms with Crippen LogP contribution >= 0.6 is 0 Å². The minimum atomic E-state index is -1.27. The van der Waals surface area contributed by atoms with Crippen LogP contribution in [0.1, 0.15) is 36.5 Å². The van der Waals surface area contributed by atoms with Crippen LogP contribution in [0.2, 0.25) is 0 Å². The number of hydrogen-bond acceptors (Lipinski definition) is 3. The molecule has 0 saturated heterocycles. The average molecular weight is 284 g/mol. The molecule has 1 aliphatic carbocycles. The Hall–Kier alpha value is -2.05. The second-order valence-corrected chi connectivity index (χ2v) is 4.77. The molecule has 1 aromatic carbocycles. The van der Waals surface area contributed by atoms with Crippen molar-refractivity contribution < 1.29 is 18.5 Å². The zero-order chi connectivity index (χ0) is 14.9. The first-order chi connectivity index (χ1) is 9.45. The lowest BCUT2D eigenvalue weighted by atomic mass is 10.1.